The predicted molar refractivity (Wildman–Crippen MR) is 123 cm³/mol. The fraction of sp³-hybridized carbons (Fsp3) is 0.222. The van der Waals surface area contributed by atoms with Gasteiger partial charge in [-0.3, -0.25) is 4.99 Å². The lowest BCUT2D eigenvalue weighted by molar-refractivity contribution is -0.156. The molecule has 3 aromatic rings. The van der Waals surface area contributed by atoms with Crippen LogP contribution >= 0.6 is 0 Å². The lowest BCUT2D eigenvalue weighted by Crippen LogP contribution is -2.33. The highest BCUT2D eigenvalue weighted by atomic mass is 16.6. The molecular formula is C27H26N2O2. The number of benzene rings is 3. The molecule has 0 fully saturated rings. The van der Waals surface area contributed by atoms with Crippen LogP contribution < -0.4 is 0 Å². The van der Waals surface area contributed by atoms with Crippen LogP contribution in [0, 0.1) is 11.3 Å². The molecule has 31 heavy (non-hydrogen) atoms. The van der Waals surface area contributed by atoms with Crippen molar-refractivity contribution >= 4 is 11.7 Å². The molecule has 0 aliphatic rings. The number of carbonyl (C=O) groups excluding carboxylic acids is 1. The maximum Gasteiger partial charge on any atom is 0.331 e. The van der Waals surface area contributed by atoms with Crippen LogP contribution in [0.2, 0.25) is 0 Å². The first-order valence-corrected chi connectivity index (χ1v) is 10.3. The second-order valence-electron chi connectivity index (χ2n) is 8.27. The fourth-order valence-electron chi connectivity index (χ4n) is 3.15. The summed E-state index contributed by atoms with van der Waals surface area (Å²) in [4.78, 5) is 18.0. The highest BCUT2D eigenvalue weighted by Gasteiger charge is 2.26. The molecule has 0 heterocycles. The molecule has 0 saturated carbocycles. The monoisotopic (exact) mass is 410 g/mol. The van der Waals surface area contributed by atoms with Gasteiger partial charge in [-0.15, -0.1) is 0 Å². The molecule has 0 unspecified atom stereocenters. The molecule has 4 heteroatoms. The summed E-state index contributed by atoms with van der Waals surface area (Å²) < 4.78 is 5.69. The van der Waals surface area contributed by atoms with E-state index in [0.29, 0.717) is 12.0 Å². The lowest BCUT2D eigenvalue weighted by Gasteiger charge is -2.23. The van der Waals surface area contributed by atoms with Gasteiger partial charge in [0.1, 0.15) is 5.60 Å². The summed E-state index contributed by atoms with van der Waals surface area (Å²) in [6.45, 7) is 5.55. The first-order chi connectivity index (χ1) is 14.9. The minimum atomic E-state index is -0.720. The normalized spacial score (nSPS) is 11.8. The Morgan fingerprint density at radius 3 is 1.87 bits per heavy atom. The van der Waals surface area contributed by atoms with Gasteiger partial charge in [0.25, 0.3) is 0 Å². The third kappa shape index (κ3) is 6.38. The van der Waals surface area contributed by atoms with Gasteiger partial charge in [-0.05, 0) is 38.5 Å². The molecule has 0 aromatic heterocycles. The van der Waals surface area contributed by atoms with Gasteiger partial charge in [0.2, 0.25) is 0 Å². The minimum absolute atomic E-state index is 0.374. The van der Waals surface area contributed by atoms with E-state index in [4.69, 9.17) is 15.0 Å². The maximum absolute atomic E-state index is 13.1. The summed E-state index contributed by atoms with van der Waals surface area (Å²) in [6, 6.07) is 28.3. The summed E-state index contributed by atoms with van der Waals surface area (Å²) in [7, 11) is 0. The van der Waals surface area contributed by atoms with Gasteiger partial charge in [0.15, 0.2) is 6.04 Å². The van der Waals surface area contributed by atoms with Crippen LogP contribution in [0.3, 0.4) is 0 Å². The molecule has 3 rings (SSSR count). The molecule has 0 radical (unpaired) electrons. The van der Waals surface area contributed by atoms with Crippen LogP contribution in [0.25, 0.3) is 0 Å². The number of hydrogen-bond acceptors (Lipinski definition) is 4. The van der Waals surface area contributed by atoms with Crippen molar-refractivity contribution in [2.45, 2.75) is 38.8 Å². The molecule has 3 aromatic carbocycles. The van der Waals surface area contributed by atoms with Crippen molar-refractivity contribution in [2.24, 2.45) is 4.99 Å². The summed E-state index contributed by atoms with van der Waals surface area (Å²) in [5.74, 6) is -0.374. The summed E-state index contributed by atoms with van der Waals surface area (Å²) >= 11 is 0. The van der Waals surface area contributed by atoms with E-state index in [1.807, 2.05) is 93.6 Å². The average molecular weight is 411 g/mol. The average Bonchev–Trinajstić information content (AvgIpc) is 2.77. The SMILES string of the molecule is CC(C)(C)OC(=O)[C@H](Cc1ccc(C#N)cc1)N=C(c1ccccc1)c1ccccc1. The molecule has 0 spiro atoms. The first kappa shape index (κ1) is 22.0. The summed E-state index contributed by atoms with van der Waals surface area (Å²) in [6.07, 6.45) is 0.379. The molecule has 0 N–H and O–H groups in total. The highest BCUT2D eigenvalue weighted by Crippen LogP contribution is 2.18. The minimum Gasteiger partial charge on any atom is -0.458 e. The predicted octanol–water partition coefficient (Wildman–Crippen LogP) is 5.35. The van der Waals surface area contributed by atoms with Crippen LogP contribution in [-0.4, -0.2) is 23.3 Å². The smallest absolute Gasteiger partial charge is 0.331 e. The topological polar surface area (TPSA) is 62.5 Å². The number of nitriles is 1. The van der Waals surface area contributed by atoms with Crippen molar-refractivity contribution in [3.8, 4) is 6.07 Å². The lowest BCUT2D eigenvalue weighted by atomic mass is 10.00. The molecule has 0 amide bonds. The van der Waals surface area contributed by atoms with Gasteiger partial charge in [-0.2, -0.15) is 5.26 Å². The molecule has 0 aliphatic carbocycles. The van der Waals surface area contributed by atoms with Crippen LogP contribution in [0.1, 0.15) is 43.0 Å². The number of ether oxygens (including phenoxy) is 1. The Hall–Kier alpha value is -3.71. The summed E-state index contributed by atoms with van der Waals surface area (Å²) in [5, 5.41) is 9.05. The van der Waals surface area contributed by atoms with Crippen molar-refractivity contribution in [2.75, 3.05) is 0 Å². The quantitative estimate of drug-likeness (QED) is 0.407. The van der Waals surface area contributed by atoms with Gasteiger partial charge in [-0.1, -0.05) is 72.8 Å². The Balaban J connectivity index is 2.05. The van der Waals surface area contributed by atoms with E-state index < -0.39 is 11.6 Å². The van der Waals surface area contributed by atoms with Crippen molar-refractivity contribution < 1.29 is 9.53 Å². The van der Waals surface area contributed by atoms with Crippen molar-refractivity contribution in [1.29, 1.82) is 5.26 Å². The molecular weight excluding hydrogens is 384 g/mol. The first-order valence-electron chi connectivity index (χ1n) is 10.3. The van der Waals surface area contributed by atoms with Gasteiger partial charge in [-0.25, -0.2) is 4.79 Å². The maximum atomic E-state index is 13.1. The van der Waals surface area contributed by atoms with Gasteiger partial charge in [0, 0.05) is 17.5 Å². The Morgan fingerprint density at radius 1 is 0.903 bits per heavy atom. The van der Waals surface area contributed by atoms with Gasteiger partial charge >= 0.3 is 5.97 Å². The van der Waals surface area contributed by atoms with Crippen LogP contribution in [-0.2, 0) is 16.0 Å². The van der Waals surface area contributed by atoms with Crippen molar-refractivity contribution in [3.63, 3.8) is 0 Å². The molecule has 1 atom stereocenters. The van der Waals surface area contributed by atoms with E-state index >= 15 is 0 Å². The van der Waals surface area contributed by atoms with E-state index in [9.17, 15) is 4.79 Å². The third-order valence-electron chi connectivity index (χ3n) is 4.57. The highest BCUT2D eigenvalue weighted by molar-refractivity contribution is 6.13. The van der Waals surface area contributed by atoms with E-state index in [1.54, 1.807) is 12.1 Å². The summed E-state index contributed by atoms with van der Waals surface area (Å²) in [5.41, 5.74) is 3.49. The number of esters is 1. The molecule has 0 bridgehead atoms. The number of carbonyl (C=O) groups is 1. The zero-order valence-electron chi connectivity index (χ0n) is 18.1. The largest absolute Gasteiger partial charge is 0.458 e. The standard InChI is InChI=1S/C27H26N2O2/c1-27(2,3)31-26(30)24(18-20-14-16-21(19-28)17-15-20)29-25(22-10-6-4-7-11-22)23-12-8-5-9-13-23/h4-17,24H,18H2,1-3H3/t24-/m0/s1. The number of rotatable bonds is 6. The van der Waals surface area contributed by atoms with E-state index in [0.717, 1.165) is 22.4 Å². The second kappa shape index (κ2) is 9.86. The van der Waals surface area contributed by atoms with Crippen LogP contribution in [0.5, 0.6) is 0 Å². The molecule has 156 valence electrons. The number of nitrogens with zero attached hydrogens (tertiary/aromatic N) is 2. The third-order valence-corrected chi connectivity index (χ3v) is 4.57. The van der Waals surface area contributed by atoms with Gasteiger partial charge in [0.05, 0.1) is 17.3 Å². The Labute approximate surface area is 183 Å². The number of hydrogen-bond donors (Lipinski definition) is 0. The van der Waals surface area contributed by atoms with Crippen LogP contribution in [0.4, 0.5) is 0 Å². The van der Waals surface area contributed by atoms with E-state index in [1.165, 1.54) is 0 Å². The zero-order chi connectivity index (χ0) is 22.3. The number of aliphatic imine (C=N–C) groups is 1. The van der Waals surface area contributed by atoms with Gasteiger partial charge < -0.3 is 4.74 Å². The van der Waals surface area contributed by atoms with Crippen molar-refractivity contribution in [1.82, 2.24) is 0 Å². The Morgan fingerprint density at radius 2 is 1.42 bits per heavy atom. The molecule has 0 aliphatic heterocycles. The zero-order valence-corrected chi connectivity index (χ0v) is 18.1. The Bertz CT molecular complexity index is 1030. The Kier molecular flexibility index (Phi) is 6.99. The second-order valence-corrected chi connectivity index (χ2v) is 8.27. The van der Waals surface area contributed by atoms with E-state index in [2.05, 4.69) is 6.07 Å². The molecule has 0 saturated heterocycles. The van der Waals surface area contributed by atoms with Crippen LogP contribution in [0.15, 0.2) is 89.9 Å². The van der Waals surface area contributed by atoms with Crippen molar-refractivity contribution in [3.05, 3.63) is 107 Å². The molecule has 4 nitrogen and oxygen atoms in total. The van der Waals surface area contributed by atoms with E-state index in [-0.39, 0.29) is 5.97 Å². The fourth-order valence-corrected chi connectivity index (χ4v) is 3.15.